The molecule has 0 heterocycles. The van der Waals surface area contributed by atoms with Gasteiger partial charge in [-0.15, -0.1) is 0 Å². The Morgan fingerprint density at radius 1 is 1.05 bits per heavy atom. The lowest BCUT2D eigenvalue weighted by Crippen LogP contribution is -2.02. The summed E-state index contributed by atoms with van der Waals surface area (Å²) in [5.41, 5.74) is 4.06. The number of rotatable bonds is 4. The Labute approximate surface area is 114 Å². The van der Waals surface area contributed by atoms with E-state index in [1.54, 1.807) is 13.0 Å². The molecule has 0 fully saturated rings. The Balaban J connectivity index is 2.04. The van der Waals surface area contributed by atoms with Gasteiger partial charge in [0.1, 0.15) is 5.82 Å². The molecule has 0 aromatic heterocycles. The molecule has 0 radical (unpaired) electrons. The van der Waals surface area contributed by atoms with Crippen LogP contribution in [0.4, 0.5) is 10.1 Å². The maximum Gasteiger partial charge on any atom is 0.128 e. The minimum Gasteiger partial charge on any atom is -0.381 e. The molecule has 19 heavy (non-hydrogen) atoms. The van der Waals surface area contributed by atoms with Gasteiger partial charge in [-0.2, -0.15) is 0 Å². The lowest BCUT2D eigenvalue weighted by molar-refractivity contribution is 0.619. The molecule has 2 aromatic carbocycles. The molecule has 0 saturated heterocycles. The Bertz CT molecular complexity index is 544. The molecule has 0 saturated carbocycles. The predicted molar refractivity (Wildman–Crippen MR) is 79.0 cm³/mol. The van der Waals surface area contributed by atoms with Gasteiger partial charge < -0.3 is 5.32 Å². The molecule has 1 nitrogen and oxygen atoms in total. The number of hydrogen-bond donors (Lipinski definition) is 1. The van der Waals surface area contributed by atoms with Crippen LogP contribution in [0.1, 0.15) is 36.5 Å². The summed E-state index contributed by atoms with van der Waals surface area (Å²) in [6.45, 7) is 6.87. The van der Waals surface area contributed by atoms with Gasteiger partial charge in [-0.1, -0.05) is 44.2 Å². The van der Waals surface area contributed by atoms with Crippen molar-refractivity contribution in [2.24, 2.45) is 0 Å². The summed E-state index contributed by atoms with van der Waals surface area (Å²) in [5, 5.41) is 3.28. The third kappa shape index (κ3) is 3.34. The molecule has 0 amide bonds. The standard InChI is InChI=1S/C17H20FN/c1-12(2)15-9-7-14(8-10-15)11-19-17-6-4-5-16(18)13(17)3/h4-10,12,19H,11H2,1-3H3. The fraction of sp³-hybridized carbons (Fsp3) is 0.294. The highest BCUT2D eigenvalue weighted by Crippen LogP contribution is 2.19. The van der Waals surface area contributed by atoms with Gasteiger partial charge >= 0.3 is 0 Å². The van der Waals surface area contributed by atoms with Crippen molar-refractivity contribution in [1.29, 1.82) is 0 Å². The van der Waals surface area contributed by atoms with Crippen molar-refractivity contribution in [2.75, 3.05) is 5.32 Å². The second-order valence-corrected chi connectivity index (χ2v) is 5.16. The predicted octanol–water partition coefficient (Wildman–Crippen LogP) is 4.87. The number of hydrogen-bond acceptors (Lipinski definition) is 1. The van der Waals surface area contributed by atoms with Crippen LogP contribution in [0.25, 0.3) is 0 Å². The van der Waals surface area contributed by atoms with Crippen LogP contribution in [-0.2, 0) is 6.54 Å². The van der Waals surface area contributed by atoms with E-state index in [4.69, 9.17) is 0 Å². The molecule has 2 heteroatoms. The van der Waals surface area contributed by atoms with Gasteiger partial charge in [-0.25, -0.2) is 4.39 Å². The Hall–Kier alpha value is -1.83. The molecule has 0 aliphatic carbocycles. The molecule has 0 aliphatic heterocycles. The minimum atomic E-state index is -0.167. The van der Waals surface area contributed by atoms with Gasteiger partial charge in [0.05, 0.1) is 0 Å². The summed E-state index contributed by atoms with van der Waals surface area (Å²) < 4.78 is 13.4. The molecule has 0 aliphatic rings. The van der Waals surface area contributed by atoms with E-state index >= 15 is 0 Å². The van der Waals surface area contributed by atoms with E-state index in [9.17, 15) is 4.39 Å². The monoisotopic (exact) mass is 257 g/mol. The fourth-order valence-corrected chi connectivity index (χ4v) is 2.02. The molecule has 0 spiro atoms. The van der Waals surface area contributed by atoms with Crippen molar-refractivity contribution in [3.63, 3.8) is 0 Å². The second kappa shape index (κ2) is 5.87. The van der Waals surface area contributed by atoms with E-state index in [0.717, 1.165) is 5.69 Å². The zero-order valence-corrected chi connectivity index (χ0v) is 11.7. The van der Waals surface area contributed by atoms with Crippen LogP contribution in [-0.4, -0.2) is 0 Å². The molecule has 2 aromatic rings. The average molecular weight is 257 g/mol. The summed E-state index contributed by atoms with van der Waals surface area (Å²) in [6, 6.07) is 13.7. The van der Waals surface area contributed by atoms with Crippen LogP contribution in [0.2, 0.25) is 0 Å². The Kier molecular flexibility index (Phi) is 4.20. The van der Waals surface area contributed by atoms with E-state index in [2.05, 4.69) is 43.4 Å². The molecule has 0 atom stereocenters. The first kappa shape index (κ1) is 13.6. The molecule has 1 N–H and O–H groups in total. The third-order valence-corrected chi connectivity index (χ3v) is 3.40. The number of nitrogens with one attached hydrogen (secondary N) is 1. The SMILES string of the molecule is Cc1c(F)cccc1NCc1ccc(C(C)C)cc1. The summed E-state index contributed by atoms with van der Waals surface area (Å²) in [5.74, 6) is 0.382. The van der Waals surface area contributed by atoms with Crippen molar-refractivity contribution in [3.05, 3.63) is 65.0 Å². The second-order valence-electron chi connectivity index (χ2n) is 5.16. The first-order chi connectivity index (χ1) is 9.08. The highest BCUT2D eigenvalue weighted by atomic mass is 19.1. The highest BCUT2D eigenvalue weighted by Gasteiger charge is 2.03. The molecule has 2 rings (SSSR count). The lowest BCUT2D eigenvalue weighted by Gasteiger charge is -2.11. The maximum atomic E-state index is 13.4. The summed E-state index contributed by atoms with van der Waals surface area (Å²) in [7, 11) is 0. The van der Waals surface area contributed by atoms with Crippen LogP contribution in [0.15, 0.2) is 42.5 Å². The number of benzene rings is 2. The molecule has 100 valence electrons. The van der Waals surface area contributed by atoms with Gasteiger partial charge in [0, 0.05) is 17.8 Å². The van der Waals surface area contributed by atoms with Crippen LogP contribution in [0, 0.1) is 12.7 Å². The summed E-state index contributed by atoms with van der Waals surface area (Å²) >= 11 is 0. The van der Waals surface area contributed by atoms with E-state index in [1.165, 1.54) is 17.2 Å². The summed E-state index contributed by atoms with van der Waals surface area (Å²) in [6.07, 6.45) is 0. The van der Waals surface area contributed by atoms with Crippen molar-refractivity contribution in [3.8, 4) is 0 Å². The highest BCUT2D eigenvalue weighted by molar-refractivity contribution is 5.51. The van der Waals surface area contributed by atoms with E-state index in [1.807, 2.05) is 6.07 Å². The van der Waals surface area contributed by atoms with Gasteiger partial charge in [0.25, 0.3) is 0 Å². The number of anilines is 1. The normalized spacial score (nSPS) is 10.8. The Morgan fingerprint density at radius 3 is 2.37 bits per heavy atom. The van der Waals surface area contributed by atoms with Gasteiger partial charge in [0.2, 0.25) is 0 Å². The van der Waals surface area contributed by atoms with Gasteiger partial charge in [0.15, 0.2) is 0 Å². The van der Waals surface area contributed by atoms with Crippen LogP contribution >= 0.6 is 0 Å². The fourth-order valence-electron chi connectivity index (χ4n) is 2.02. The third-order valence-electron chi connectivity index (χ3n) is 3.40. The first-order valence-corrected chi connectivity index (χ1v) is 6.65. The maximum absolute atomic E-state index is 13.4. The Morgan fingerprint density at radius 2 is 1.74 bits per heavy atom. The number of halogens is 1. The van der Waals surface area contributed by atoms with Gasteiger partial charge in [-0.3, -0.25) is 0 Å². The van der Waals surface area contributed by atoms with Crippen molar-refractivity contribution in [1.82, 2.24) is 0 Å². The van der Waals surface area contributed by atoms with Crippen molar-refractivity contribution >= 4 is 5.69 Å². The van der Waals surface area contributed by atoms with E-state index in [-0.39, 0.29) is 5.82 Å². The lowest BCUT2D eigenvalue weighted by atomic mass is 10.0. The van der Waals surface area contributed by atoms with Crippen molar-refractivity contribution < 1.29 is 4.39 Å². The minimum absolute atomic E-state index is 0.167. The zero-order chi connectivity index (χ0) is 13.8. The van der Waals surface area contributed by atoms with E-state index in [0.29, 0.717) is 18.0 Å². The molecule has 0 unspecified atom stereocenters. The van der Waals surface area contributed by atoms with Crippen LogP contribution in [0.5, 0.6) is 0 Å². The largest absolute Gasteiger partial charge is 0.381 e. The first-order valence-electron chi connectivity index (χ1n) is 6.65. The van der Waals surface area contributed by atoms with Crippen molar-refractivity contribution in [2.45, 2.75) is 33.2 Å². The van der Waals surface area contributed by atoms with Crippen LogP contribution in [0.3, 0.4) is 0 Å². The van der Waals surface area contributed by atoms with Gasteiger partial charge in [-0.05, 0) is 36.1 Å². The average Bonchev–Trinajstić information content (AvgIpc) is 2.41. The van der Waals surface area contributed by atoms with E-state index < -0.39 is 0 Å². The van der Waals surface area contributed by atoms with Crippen LogP contribution < -0.4 is 5.32 Å². The smallest absolute Gasteiger partial charge is 0.128 e. The molecular weight excluding hydrogens is 237 g/mol. The zero-order valence-electron chi connectivity index (χ0n) is 11.7. The summed E-state index contributed by atoms with van der Waals surface area (Å²) in [4.78, 5) is 0. The topological polar surface area (TPSA) is 12.0 Å². The quantitative estimate of drug-likeness (QED) is 0.824. The molecular formula is C17H20FN. The molecule has 0 bridgehead atoms.